The third-order valence-corrected chi connectivity index (χ3v) is 5.03. The number of hydrogen-bond acceptors (Lipinski definition) is 1. The first-order chi connectivity index (χ1) is 7.19. The van der Waals surface area contributed by atoms with Crippen molar-refractivity contribution in [3.63, 3.8) is 0 Å². The van der Waals surface area contributed by atoms with E-state index in [0.717, 1.165) is 17.4 Å². The van der Waals surface area contributed by atoms with Gasteiger partial charge in [0, 0.05) is 19.1 Å². The van der Waals surface area contributed by atoms with Crippen molar-refractivity contribution in [2.75, 3.05) is 13.1 Å². The van der Waals surface area contributed by atoms with Crippen LogP contribution in [0, 0.1) is 11.3 Å². The fourth-order valence-corrected chi connectivity index (χ4v) is 3.40. The molecule has 2 rings (SSSR count). The van der Waals surface area contributed by atoms with Crippen molar-refractivity contribution >= 4 is 0 Å². The zero-order valence-corrected chi connectivity index (χ0v) is 10.8. The Labute approximate surface area is 95.2 Å². The molecule has 0 bridgehead atoms. The van der Waals surface area contributed by atoms with Gasteiger partial charge in [-0.15, -0.1) is 0 Å². The first kappa shape index (κ1) is 11.4. The van der Waals surface area contributed by atoms with Gasteiger partial charge in [-0.2, -0.15) is 0 Å². The summed E-state index contributed by atoms with van der Waals surface area (Å²) in [6, 6.07) is 0.819. The van der Waals surface area contributed by atoms with Crippen molar-refractivity contribution in [3.8, 4) is 0 Å². The number of rotatable bonds is 3. The van der Waals surface area contributed by atoms with Crippen molar-refractivity contribution in [3.05, 3.63) is 0 Å². The summed E-state index contributed by atoms with van der Waals surface area (Å²) in [5.41, 5.74) is 0.759. The monoisotopic (exact) mass is 209 g/mol. The van der Waals surface area contributed by atoms with Crippen LogP contribution in [0.2, 0.25) is 0 Å². The molecule has 1 heteroatoms. The fourth-order valence-electron chi connectivity index (χ4n) is 3.40. The lowest BCUT2D eigenvalue weighted by Crippen LogP contribution is -2.60. The maximum atomic E-state index is 2.69. The molecule has 1 saturated heterocycles. The smallest absolute Gasteiger partial charge is 0.00647 e. The summed E-state index contributed by atoms with van der Waals surface area (Å²) in [5.74, 6) is 1.05. The quantitative estimate of drug-likeness (QED) is 0.685. The predicted octanol–water partition coefficient (Wildman–Crippen LogP) is 3.69. The van der Waals surface area contributed by atoms with E-state index in [-0.39, 0.29) is 0 Å². The van der Waals surface area contributed by atoms with E-state index in [4.69, 9.17) is 0 Å². The molecule has 1 spiro atoms. The fraction of sp³-hybridized carbons (Fsp3) is 1.00. The second-order valence-electron chi connectivity index (χ2n) is 6.01. The zero-order valence-electron chi connectivity index (χ0n) is 10.8. The lowest BCUT2D eigenvalue weighted by Gasteiger charge is -2.55. The Kier molecular flexibility index (Phi) is 3.39. The van der Waals surface area contributed by atoms with E-state index in [1.165, 1.54) is 51.6 Å². The molecule has 1 heterocycles. The summed E-state index contributed by atoms with van der Waals surface area (Å²) in [7, 11) is 0. The Morgan fingerprint density at radius 1 is 1.20 bits per heavy atom. The van der Waals surface area contributed by atoms with Gasteiger partial charge in [0.1, 0.15) is 0 Å². The Balaban J connectivity index is 1.78. The molecule has 2 fully saturated rings. The molecule has 1 unspecified atom stereocenters. The molecule has 15 heavy (non-hydrogen) atoms. The van der Waals surface area contributed by atoms with Gasteiger partial charge in [0.2, 0.25) is 0 Å². The maximum Gasteiger partial charge on any atom is 0.00647 e. The van der Waals surface area contributed by atoms with Crippen molar-refractivity contribution < 1.29 is 0 Å². The predicted molar refractivity (Wildman–Crippen MR) is 66.0 cm³/mol. The highest BCUT2D eigenvalue weighted by Crippen LogP contribution is 2.46. The molecule has 0 N–H and O–H groups in total. The average Bonchev–Trinajstić information content (AvgIpc) is 2.25. The van der Waals surface area contributed by atoms with E-state index in [2.05, 4.69) is 25.7 Å². The summed E-state index contributed by atoms with van der Waals surface area (Å²) in [6.07, 6.45) is 8.76. The van der Waals surface area contributed by atoms with Gasteiger partial charge >= 0.3 is 0 Å². The summed E-state index contributed by atoms with van der Waals surface area (Å²) in [5, 5.41) is 0. The highest BCUT2D eigenvalue weighted by Gasteiger charge is 2.45. The highest BCUT2D eigenvalue weighted by atomic mass is 15.2. The Bertz CT molecular complexity index is 195. The van der Waals surface area contributed by atoms with Crippen LogP contribution < -0.4 is 0 Å². The van der Waals surface area contributed by atoms with Crippen LogP contribution in [0.25, 0.3) is 0 Å². The molecule has 0 radical (unpaired) electrons. The molecule has 1 aliphatic carbocycles. The molecular formula is C14H27N. The van der Waals surface area contributed by atoms with Gasteiger partial charge in [-0.3, -0.25) is 4.90 Å². The minimum Gasteiger partial charge on any atom is -0.299 e. The van der Waals surface area contributed by atoms with E-state index >= 15 is 0 Å². The summed E-state index contributed by atoms with van der Waals surface area (Å²) in [4.78, 5) is 2.69. The molecule has 1 atom stereocenters. The molecule has 1 saturated carbocycles. The van der Waals surface area contributed by atoms with E-state index in [1.54, 1.807) is 0 Å². The third-order valence-electron chi connectivity index (χ3n) is 5.03. The minimum absolute atomic E-state index is 0.759. The topological polar surface area (TPSA) is 3.24 Å². The van der Waals surface area contributed by atoms with Gasteiger partial charge in [0.15, 0.2) is 0 Å². The molecule has 1 aliphatic heterocycles. The Hall–Kier alpha value is -0.0400. The number of hydrogen-bond donors (Lipinski definition) is 0. The molecule has 0 amide bonds. The van der Waals surface area contributed by atoms with E-state index in [1.807, 2.05) is 0 Å². The molecule has 0 aromatic rings. The summed E-state index contributed by atoms with van der Waals surface area (Å²) >= 11 is 0. The maximum absolute atomic E-state index is 2.69. The van der Waals surface area contributed by atoms with Gasteiger partial charge in [0.05, 0.1) is 0 Å². The molecular weight excluding hydrogens is 182 g/mol. The summed E-state index contributed by atoms with van der Waals surface area (Å²) in [6.45, 7) is 9.85. The van der Waals surface area contributed by atoms with Gasteiger partial charge in [-0.25, -0.2) is 0 Å². The molecule has 88 valence electrons. The van der Waals surface area contributed by atoms with Crippen LogP contribution in [-0.4, -0.2) is 24.0 Å². The van der Waals surface area contributed by atoms with Gasteiger partial charge in [0.25, 0.3) is 0 Å². The van der Waals surface area contributed by atoms with Gasteiger partial charge in [-0.1, -0.05) is 20.3 Å². The van der Waals surface area contributed by atoms with E-state index in [0.29, 0.717) is 0 Å². The second kappa shape index (κ2) is 4.45. The lowest BCUT2D eigenvalue weighted by atomic mass is 9.65. The Morgan fingerprint density at radius 3 is 2.27 bits per heavy atom. The van der Waals surface area contributed by atoms with Crippen LogP contribution in [0.3, 0.4) is 0 Å². The van der Waals surface area contributed by atoms with Crippen molar-refractivity contribution in [1.82, 2.24) is 4.90 Å². The van der Waals surface area contributed by atoms with Crippen LogP contribution >= 0.6 is 0 Å². The zero-order chi connectivity index (χ0) is 10.9. The van der Waals surface area contributed by atoms with Crippen LogP contribution in [-0.2, 0) is 0 Å². The van der Waals surface area contributed by atoms with Gasteiger partial charge < -0.3 is 0 Å². The average molecular weight is 209 g/mol. The lowest BCUT2D eigenvalue weighted by molar-refractivity contribution is -0.0598. The van der Waals surface area contributed by atoms with Crippen molar-refractivity contribution in [1.29, 1.82) is 0 Å². The van der Waals surface area contributed by atoms with Gasteiger partial charge in [-0.05, 0) is 50.4 Å². The van der Waals surface area contributed by atoms with E-state index in [9.17, 15) is 0 Å². The van der Waals surface area contributed by atoms with Crippen molar-refractivity contribution in [2.24, 2.45) is 11.3 Å². The highest BCUT2D eigenvalue weighted by molar-refractivity contribution is 4.98. The Morgan fingerprint density at radius 2 is 1.80 bits per heavy atom. The number of nitrogens with zero attached hydrogens (tertiary/aromatic N) is 1. The normalized spacial score (nSPS) is 29.0. The third kappa shape index (κ3) is 2.22. The van der Waals surface area contributed by atoms with Crippen LogP contribution in [0.4, 0.5) is 0 Å². The standard InChI is InChI=1S/C14H27N/c1-4-12(3)15-10-14(11-15)8-6-13(5-2)7-9-14/h12-13H,4-11H2,1-3H3. The first-order valence-corrected chi connectivity index (χ1v) is 6.93. The largest absolute Gasteiger partial charge is 0.299 e. The first-order valence-electron chi connectivity index (χ1n) is 6.93. The molecule has 0 aromatic heterocycles. The van der Waals surface area contributed by atoms with Crippen LogP contribution in [0.5, 0.6) is 0 Å². The summed E-state index contributed by atoms with van der Waals surface area (Å²) < 4.78 is 0. The SMILES string of the molecule is CCC1CCC2(CC1)CN(C(C)CC)C2. The van der Waals surface area contributed by atoms with E-state index < -0.39 is 0 Å². The molecule has 2 aliphatic rings. The van der Waals surface area contributed by atoms with Crippen LogP contribution in [0.15, 0.2) is 0 Å². The van der Waals surface area contributed by atoms with Crippen LogP contribution in [0.1, 0.15) is 59.3 Å². The molecule has 1 nitrogen and oxygen atoms in total. The van der Waals surface area contributed by atoms with Crippen molar-refractivity contribution in [2.45, 2.75) is 65.3 Å². The number of likely N-dealkylation sites (tertiary alicyclic amines) is 1. The second-order valence-corrected chi connectivity index (χ2v) is 6.01. The molecule has 0 aromatic carbocycles. The minimum atomic E-state index is 0.759.